The average Bonchev–Trinajstić information content (AvgIpc) is 2.85. The molecule has 0 fully saturated rings. The molecule has 0 N–H and O–H groups in total. The van der Waals surface area contributed by atoms with Crippen molar-refractivity contribution in [1.29, 1.82) is 0 Å². The largest absolute Gasteiger partial charge is 0.491 e. The predicted molar refractivity (Wildman–Crippen MR) is 131 cm³/mol. The van der Waals surface area contributed by atoms with Gasteiger partial charge in [0.1, 0.15) is 29.8 Å². The van der Waals surface area contributed by atoms with Gasteiger partial charge in [-0.05, 0) is 83.8 Å². The van der Waals surface area contributed by atoms with Crippen molar-refractivity contribution in [2.24, 2.45) is 0 Å². The highest BCUT2D eigenvalue weighted by Gasteiger charge is 2.18. The molecule has 0 atom stereocenters. The Bertz CT molecular complexity index is 1260. The van der Waals surface area contributed by atoms with Gasteiger partial charge in [-0.15, -0.1) is 0 Å². The number of benzene rings is 3. The van der Waals surface area contributed by atoms with E-state index < -0.39 is 0 Å². The molecule has 1 heterocycles. The molecule has 6 heteroatoms. The standard InChI is InChI=1S/C29H26F3NO2/c1-19(2)29-27(18-34-15-16-35-25-13-11-24(32)12-14-25)26(20-3-7-22(30)8-4-20)17-28(33-29)21-5-9-23(31)10-6-21/h3-14,17,19H,15-16,18H2,1-2H3. The molecule has 0 bridgehead atoms. The van der Waals surface area contributed by atoms with Crippen LogP contribution in [0.2, 0.25) is 0 Å². The summed E-state index contributed by atoms with van der Waals surface area (Å²) < 4.78 is 51.7. The number of hydrogen-bond acceptors (Lipinski definition) is 3. The number of nitrogens with zero attached hydrogens (tertiary/aromatic N) is 1. The number of aromatic nitrogens is 1. The van der Waals surface area contributed by atoms with Crippen LogP contribution in [-0.4, -0.2) is 18.2 Å². The van der Waals surface area contributed by atoms with Crippen LogP contribution in [0.4, 0.5) is 13.2 Å². The van der Waals surface area contributed by atoms with Crippen molar-refractivity contribution in [3.05, 3.63) is 108 Å². The van der Waals surface area contributed by atoms with Crippen molar-refractivity contribution in [2.45, 2.75) is 26.4 Å². The number of rotatable bonds is 9. The normalized spacial score (nSPS) is 11.1. The first-order valence-corrected chi connectivity index (χ1v) is 11.4. The van der Waals surface area contributed by atoms with E-state index in [0.29, 0.717) is 24.7 Å². The van der Waals surface area contributed by atoms with Gasteiger partial charge in [0.2, 0.25) is 0 Å². The van der Waals surface area contributed by atoms with E-state index in [0.717, 1.165) is 27.9 Å². The highest BCUT2D eigenvalue weighted by atomic mass is 19.1. The fraction of sp³-hybridized carbons (Fsp3) is 0.207. The molecular weight excluding hydrogens is 451 g/mol. The zero-order valence-electron chi connectivity index (χ0n) is 19.6. The summed E-state index contributed by atoms with van der Waals surface area (Å²) in [6.45, 7) is 5.00. The van der Waals surface area contributed by atoms with E-state index >= 15 is 0 Å². The monoisotopic (exact) mass is 477 g/mol. The molecule has 0 saturated heterocycles. The van der Waals surface area contributed by atoms with Crippen LogP contribution in [0, 0.1) is 17.5 Å². The quantitative estimate of drug-likeness (QED) is 0.233. The Morgan fingerprint density at radius 1 is 0.714 bits per heavy atom. The highest BCUT2D eigenvalue weighted by Crippen LogP contribution is 2.34. The zero-order valence-corrected chi connectivity index (χ0v) is 19.6. The Morgan fingerprint density at radius 3 is 1.83 bits per heavy atom. The summed E-state index contributed by atoms with van der Waals surface area (Å²) in [7, 11) is 0. The summed E-state index contributed by atoms with van der Waals surface area (Å²) in [5, 5.41) is 0. The second-order valence-electron chi connectivity index (χ2n) is 8.44. The topological polar surface area (TPSA) is 31.4 Å². The minimum Gasteiger partial charge on any atom is -0.491 e. The number of halogens is 3. The molecule has 0 amide bonds. The first kappa shape index (κ1) is 24.5. The van der Waals surface area contributed by atoms with Crippen LogP contribution in [-0.2, 0) is 11.3 Å². The summed E-state index contributed by atoms with van der Waals surface area (Å²) in [5.74, 6) is -0.301. The van der Waals surface area contributed by atoms with Gasteiger partial charge in [-0.2, -0.15) is 0 Å². The molecule has 0 aliphatic rings. The molecule has 0 spiro atoms. The Kier molecular flexibility index (Phi) is 7.83. The minimum atomic E-state index is -0.320. The molecule has 0 radical (unpaired) electrons. The van der Waals surface area contributed by atoms with Crippen molar-refractivity contribution in [2.75, 3.05) is 13.2 Å². The third kappa shape index (κ3) is 6.28. The van der Waals surface area contributed by atoms with Gasteiger partial charge in [0, 0.05) is 16.8 Å². The summed E-state index contributed by atoms with van der Waals surface area (Å²) in [5.41, 5.74) is 4.96. The van der Waals surface area contributed by atoms with Crippen molar-refractivity contribution in [3.8, 4) is 28.1 Å². The number of ether oxygens (including phenoxy) is 2. The van der Waals surface area contributed by atoms with Gasteiger partial charge in [-0.1, -0.05) is 26.0 Å². The van der Waals surface area contributed by atoms with Crippen LogP contribution in [0.5, 0.6) is 5.75 Å². The summed E-state index contributed by atoms with van der Waals surface area (Å²) in [4.78, 5) is 4.89. The van der Waals surface area contributed by atoms with Crippen LogP contribution < -0.4 is 4.74 Å². The Morgan fingerprint density at radius 2 is 1.26 bits per heavy atom. The van der Waals surface area contributed by atoms with Gasteiger partial charge in [0.15, 0.2) is 0 Å². The van der Waals surface area contributed by atoms with Crippen LogP contribution >= 0.6 is 0 Å². The molecular formula is C29H26F3NO2. The van der Waals surface area contributed by atoms with E-state index in [2.05, 4.69) is 0 Å². The first-order chi connectivity index (χ1) is 16.9. The van der Waals surface area contributed by atoms with Gasteiger partial charge in [0.05, 0.1) is 18.9 Å². The Labute approximate surface area is 203 Å². The second kappa shape index (κ2) is 11.2. The SMILES string of the molecule is CC(C)c1nc(-c2ccc(F)cc2)cc(-c2ccc(F)cc2)c1COCCOc1ccc(F)cc1. The third-order valence-electron chi connectivity index (χ3n) is 5.55. The maximum atomic E-state index is 13.6. The predicted octanol–water partition coefficient (Wildman–Crippen LogP) is 7.55. The van der Waals surface area contributed by atoms with E-state index in [1.807, 2.05) is 19.9 Å². The lowest BCUT2D eigenvalue weighted by Gasteiger charge is -2.19. The van der Waals surface area contributed by atoms with Crippen LogP contribution in [0.3, 0.4) is 0 Å². The molecule has 4 rings (SSSR count). The molecule has 4 aromatic rings. The Balaban J connectivity index is 1.61. The lowest BCUT2D eigenvalue weighted by Crippen LogP contribution is -2.10. The van der Waals surface area contributed by atoms with Gasteiger partial charge in [0.25, 0.3) is 0 Å². The zero-order chi connectivity index (χ0) is 24.8. The van der Waals surface area contributed by atoms with E-state index in [9.17, 15) is 13.2 Å². The number of hydrogen-bond donors (Lipinski definition) is 0. The molecule has 3 aromatic carbocycles. The highest BCUT2D eigenvalue weighted by molar-refractivity contribution is 5.74. The molecule has 0 saturated carbocycles. The van der Waals surface area contributed by atoms with Crippen molar-refractivity contribution >= 4 is 0 Å². The van der Waals surface area contributed by atoms with Crippen LogP contribution in [0.15, 0.2) is 78.9 Å². The van der Waals surface area contributed by atoms with Gasteiger partial charge in [-0.3, -0.25) is 4.98 Å². The number of pyridine rings is 1. The van der Waals surface area contributed by atoms with Crippen LogP contribution in [0.1, 0.15) is 31.0 Å². The van der Waals surface area contributed by atoms with E-state index in [-0.39, 0.29) is 30.0 Å². The van der Waals surface area contributed by atoms with Crippen molar-refractivity contribution in [3.63, 3.8) is 0 Å². The fourth-order valence-corrected chi connectivity index (χ4v) is 3.80. The smallest absolute Gasteiger partial charge is 0.123 e. The fourth-order valence-electron chi connectivity index (χ4n) is 3.80. The molecule has 1 aromatic heterocycles. The van der Waals surface area contributed by atoms with E-state index in [1.165, 1.54) is 36.4 Å². The molecule has 35 heavy (non-hydrogen) atoms. The third-order valence-corrected chi connectivity index (χ3v) is 5.55. The maximum Gasteiger partial charge on any atom is 0.123 e. The van der Waals surface area contributed by atoms with E-state index in [4.69, 9.17) is 14.5 Å². The Hall–Kier alpha value is -3.64. The van der Waals surface area contributed by atoms with Gasteiger partial charge in [-0.25, -0.2) is 13.2 Å². The molecule has 3 nitrogen and oxygen atoms in total. The van der Waals surface area contributed by atoms with Crippen molar-refractivity contribution in [1.82, 2.24) is 4.98 Å². The van der Waals surface area contributed by atoms with Gasteiger partial charge < -0.3 is 9.47 Å². The molecule has 180 valence electrons. The summed E-state index contributed by atoms with van der Waals surface area (Å²) >= 11 is 0. The van der Waals surface area contributed by atoms with Crippen molar-refractivity contribution < 1.29 is 22.6 Å². The lowest BCUT2D eigenvalue weighted by molar-refractivity contribution is 0.0884. The summed E-state index contributed by atoms with van der Waals surface area (Å²) in [6.07, 6.45) is 0. The molecule has 0 unspecified atom stereocenters. The second-order valence-corrected chi connectivity index (χ2v) is 8.44. The minimum absolute atomic E-state index is 0.0867. The molecule has 0 aliphatic heterocycles. The van der Waals surface area contributed by atoms with E-state index in [1.54, 1.807) is 36.4 Å². The maximum absolute atomic E-state index is 13.6. The average molecular weight is 478 g/mol. The van der Waals surface area contributed by atoms with Gasteiger partial charge >= 0.3 is 0 Å². The summed E-state index contributed by atoms with van der Waals surface area (Å²) in [6, 6.07) is 20.2. The molecule has 0 aliphatic carbocycles. The lowest BCUT2D eigenvalue weighted by atomic mass is 9.93. The first-order valence-electron chi connectivity index (χ1n) is 11.4. The van der Waals surface area contributed by atoms with Crippen LogP contribution in [0.25, 0.3) is 22.4 Å².